The molecule has 0 spiro atoms. The van der Waals surface area contributed by atoms with Crippen LogP contribution in [0.4, 0.5) is 4.39 Å². The maximum absolute atomic E-state index is 13.1. The van der Waals surface area contributed by atoms with Gasteiger partial charge in [0.25, 0.3) is 0 Å². The van der Waals surface area contributed by atoms with Crippen molar-refractivity contribution in [3.05, 3.63) is 77.5 Å². The van der Waals surface area contributed by atoms with Gasteiger partial charge in [-0.1, -0.05) is 24.8 Å². The molecule has 3 aromatic rings. The van der Waals surface area contributed by atoms with E-state index in [-0.39, 0.29) is 11.9 Å². The van der Waals surface area contributed by atoms with E-state index in [0.717, 1.165) is 23.3 Å². The van der Waals surface area contributed by atoms with E-state index in [1.165, 1.54) is 36.1 Å². The predicted octanol–water partition coefficient (Wildman–Crippen LogP) is 4.05. The van der Waals surface area contributed by atoms with Crippen molar-refractivity contribution < 1.29 is 4.39 Å². The molecule has 5 heteroatoms. The van der Waals surface area contributed by atoms with Crippen LogP contribution in [0.1, 0.15) is 42.8 Å². The van der Waals surface area contributed by atoms with Crippen molar-refractivity contribution in [3.63, 3.8) is 0 Å². The average molecular weight is 364 g/mol. The summed E-state index contributed by atoms with van der Waals surface area (Å²) in [6, 6.07) is 13.7. The van der Waals surface area contributed by atoms with Gasteiger partial charge < -0.3 is 15.6 Å². The lowest BCUT2D eigenvalue weighted by Crippen LogP contribution is -2.31. The number of benzene rings is 2. The summed E-state index contributed by atoms with van der Waals surface area (Å²) in [5, 5.41) is 3.40. The molecular formula is C22H25FN4. The molecule has 0 radical (unpaired) electrons. The first kappa shape index (κ1) is 17.7. The minimum absolute atomic E-state index is 0.0477. The van der Waals surface area contributed by atoms with E-state index in [2.05, 4.69) is 34.7 Å². The zero-order valence-electron chi connectivity index (χ0n) is 15.6. The van der Waals surface area contributed by atoms with Crippen molar-refractivity contribution in [3.8, 4) is 0 Å². The van der Waals surface area contributed by atoms with E-state index in [9.17, 15) is 4.39 Å². The van der Waals surface area contributed by atoms with Gasteiger partial charge in [0.05, 0.1) is 17.6 Å². The van der Waals surface area contributed by atoms with Crippen LogP contribution in [0.15, 0.2) is 54.7 Å². The number of rotatable bonds is 7. The summed E-state index contributed by atoms with van der Waals surface area (Å²) in [6.45, 7) is 6.47. The molecule has 0 saturated heterocycles. The molecule has 1 heterocycles. The fourth-order valence-corrected chi connectivity index (χ4v) is 3.38. The van der Waals surface area contributed by atoms with Crippen molar-refractivity contribution in [2.75, 3.05) is 0 Å². The Bertz CT molecular complexity index is 970. The highest BCUT2D eigenvalue weighted by molar-refractivity contribution is 5.77. The molecule has 2 aromatic carbocycles. The third-order valence-electron chi connectivity index (χ3n) is 5.18. The lowest BCUT2D eigenvalue weighted by molar-refractivity contribution is 0.564. The number of halogens is 1. The lowest BCUT2D eigenvalue weighted by atomic mass is 10.0. The van der Waals surface area contributed by atoms with Crippen LogP contribution in [0.5, 0.6) is 0 Å². The van der Waals surface area contributed by atoms with Crippen LogP contribution in [0.3, 0.4) is 0 Å². The predicted molar refractivity (Wildman–Crippen MR) is 107 cm³/mol. The van der Waals surface area contributed by atoms with Crippen LogP contribution in [0.2, 0.25) is 0 Å². The summed E-state index contributed by atoms with van der Waals surface area (Å²) in [4.78, 5) is 4.85. The van der Waals surface area contributed by atoms with Gasteiger partial charge in [-0.25, -0.2) is 9.37 Å². The quantitative estimate of drug-likeness (QED) is 0.665. The van der Waals surface area contributed by atoms with Crippen LogP contribution in [-0.2, 0) is 13.0 Å². The summed E-state index contributed by atoms with van der Waals surface area (Å²) in [5.41, 5.74) is 10.9. The zero-order valence-corrected chi connectivity index (χ0v) is 15.6. The van der Waals surface area contributed by atoms with Gasteiger partial charge in [0.1, 0.15) is 11.6 Å². The van der Waals surface area contributed by atoms with E-state index in [0.29, 0.717) is 18.3 Å². The number of nitrogens with zero attached hydrogens (tertiary/aromatic N) is 2. The van der Waals surface area contributed by atoms with Crippen LogP contribution < -0.4 is 11.1 Å². The molecule has 1 aliphatic carbocycles. The Labute approximate surface area is 158 Å². The summed E-state index contributed by atoms with van der Waals surface area (Å²) in [6.07, 6.45) is 3.17. The Morgan fingerprint density at radius 1 is 1.26 bits per heavy atom. The zero-order chi connectivity index (χ0) is 19.0. The fraction of sp³-hybridized carbons (Fsp3) is 0.318. The SMILES string of the molecule is C=C(N)C(C)NCc1nc2ccc(Cc3ccc(F)cc3)cc2n1C1CC1. The number of nitrogens with two attached hydrogens (primary N) is 1. The van der Waals surface area contributed by atoms with Crippen LogP contribution in [-0.4, -0.2) is 15.6 Å². The van der Waals surface area contributed by atoms with Gasteiger partial charge in [0, 0.05) is 17.8 Å². The van der Waals surface area contributed by atoms with Gasteiger partial charge >= 0.3 is 0 Å². The van der Waals surface area contributed by atoms with E-state index >= 15 is 0 Å². The summed E-state index contributed by atoms with van der Waals surface area (Å²) < 4.78 is 15.5. The van der Waals surface area contributed by atoms with Crippen molar-refractivity contribution >= 4 is 11.0 Å². The van der Waals surface area contributed by atoms with Gasteiger partial charge in [-0.15, -0.1) is 0 Å². The Morgan fingerprint density at radius 2 is 1.96 bits per heavy atom. The van der Waals surface area contributed by atoms with E-state index in [4.69, 9.17) is 10.7 Å². The third kappa shape index (κ3) is 3.88. The summed E-state index contributed by atoms with van der Waals surface area (Å²) in [7, 11) is 0. The highest BCUT2D eigenvalue weighted by atomic mass is 19.1. The Kier molecular flexibility index (Phi) is 4.70. The minimum atomic E-state index is -0.201. The van der Waals surface area contributed by atoms with E-state index < -0.39 is 0 Å². The van der Waals surface area contributed by atoms with E-state index in [1.54, 1.807) is 0 Å². The monoisotopic (exact) mass is 364 g/mol. The van der Waals surface area contributed by atoms with Crippen molar-refractivity contribution in [2.24, 2.45) is 5.73 Å². The number of nitrogens with one attached hydrogen (secondary N) is 1. The largest absolute Gasteiger partial charge is 0.401 e. The Morgan fingerprint density at radius 3 is 2.63 bits per heavy atom. The molecule has 27 heavy (non-hydrogen) atoms. The molecule has 1 aromatic heterocycles. The molecule has 1 unspecified atom stereocenters. The highest BCUT2D eigenvalue weighted by Crippen LogP contribution is 2.39. The molecule has 4 rings (SSSR count). The number of hydrogen-bond donors (Lipinski definition) is 2. The van der Waals surface area contributed by atoms with Crippen LogP contribution >= 0.6 is 0 Å². The van der Waals surface area contributed by atoms with Gasteiger partial charge in [-0.3, -0.25) is 0 Å². The van der Waals surface area contributed by atoms with Crippen molar-refractivity contribution in [1.82, 2.24) is 14.9 Å². The summed E-state index contributed by atoms with van der Waals surface area (Å²) in [5.74, 6) is 0.840. The molecule has 4 nitrogen and oxygen atoms in total. The number of imidazole rings is 1. The van der Waals surface area contributed by atoms with Gasteiger partial charge in [-0.05, 0) is 61.6 Å². The van der Waals surface area contributed by atoms with Crippen molar-refractivity contribution in [1.29, 1.82) is 0 Å². The van der Waals surface area contributed by atoms with Crippen molar-refractivity contribution in [2.45, 2.75) is 44.8 Å². The normalized spacial score (nSPS) is 15.2. The van der Waals surface area contributed by atoms with E-state index in [1.807, 2.05) is 19.1 Å². The van der Waals surface area contributed by atoms with Gasteiger partial charge in [0.2, 0.25) is 0 Å². The molecule has 1 aliphatic rings. The molecule has 1 saturated carbocycles. The Balaban J connectivity index is 1.63. The third-order valence-corrected chi connectivity index (χ3v) is 5.18. The molecule has 3 N–H and O–H groups in total. The molecule has 1 fully saturated rings. The maximum Gasteiger partial charge on any atom is 0.124 e. The molecule has 0 amide bonds. The molecule has 140 valence electrons. The second-order valence-corrected chi connectivity index (χ2v) is 7.43. The minimum Gasteiger partial charge on any atom is -0.401 e. The molecule has 1 atom stereocenters. The first-order chi connectivity index (χ1) is 13.0. The number of aromatic nitrogens is 2. The maximum atomic E-state index is 13.1. The summed E-state index contributed by atoms with van der Waals surface area (Å²) >= 11 is 0. The topological polar surface area (TPSA) is 55.9 Å². The smallest absolute Gasteiger partial charge is 0.124 e. The number of hydrogen-bond acceptors (Lipinski definition) is 3. The molecule has 0 bridgehead atoms. The molecular weight excluding hydrogens is 339 g/mol. The van der Waals surface area contributed by atoms with Crippen LogP contribution in [0, 0.1) is 5.82 Å². The number of fused-ring (bicyclic) bond motifs is 1. The standard InChI is InChI=1S/C22H25FN4/c1-14(24)15(2)25-13-22-26-20-10-5-17(11-16-3-6-18(23)7-4-16)12-21(20)27(22)19-8-9-19/h3-7,10,12,15,19,25H,1,8-9,11,13,24H2,2H3. The second kappa shape index (κ2) is 7.16. The highest BCUT2D eigenvalue weighted by Gasteiger charge is 2.28. The first-order valence-electron chi connectivity index (χ1n) is 9.43. The van der Waals surface area contributed by atoms with Gasteiger partial charge in [0.15, 0.2) is 0 Å². The molecule has 0 aliphatic heterocycles. The van der Waals surface area contributed by atoms with Crippen LogP contribution in [0.25, 0.3) is 11.0 Å². The first-order valence-corrected chi connectivity index (χ1v) is 9.43. The fourth-order valence-electron chi connectivity index (χ4n) is 3.38. The average Bonchev–Trinajstić information content (AvgIpc) is 3.42. The second-order valence-electron chi connectivity index (χ2n) is 7.43. The Hall–Kier alpha value is -2.66. The van der Waals surface area contributed by atoms with Gasteiger partial charge in [-0.2, -0.15) is 0 Å². The lowest BCUT2D eigenvalue weighted by Gasteiger charge is -2.14.